The van der Waals surface area contributed by atoms with Crippen molar-refractivity contribution >= 4 is 11.6 Å². The highest BCUT2D eigenvalue weighted by Crippen LogP contribution is 2.15. The molecule has 0 fully saturated rings. The number of carbonyl (C=O) groups is 1. The van der Waals surface area contributed by atoms with Crippen LogP contribution in [0, 0.1) is 0 Å². The number of aryl methyl sites for hydroxylation is 1. The summed E-state index contributed by atoms with van der Waals surface area (Å²) in [5.41, 5.74) is 2.21. The smallest absolute Gasteiger partial charge is 0.239 e. The van der Waals surface area contributed by atoms with Crippen LogP contribution in [-0.4, -0.2) is 25.6 Å². The maximum Gasteiger partial charge on any atom is 0.239 e. The number of rotatable bonds is 9. The van der Waals surface area contributed by atoms with Crippen molar-refractivity contribution in [1.82, 2.24) is 5.32 Å². The third kappa shape index (κ3) is 6.43. The Bertz CT molecular complexity index is 582. The second-order valence-electron chi connectivity index (χ2n) is 5.25. The van der Waals surface area contributed by atoms with Gasteiger partial charge in [-0.15, -0.1) is 0 Å². The Balaban J connectivity index is 1.61. The van der Waals surface area contributed by atoms with Gasteiger partial charge in [0, 0.05) is 12.2 Å². The van der Waals surface area contributed by atoms with Gasteiger partial charge in [-0.3, -0.25) is 4.79 Å². The Kier molecular flexibility index (Phi) is 6.98. The molecule has 0 heterocycles. The van der Waals surface area contributed by atoms with Crippen molar-refractivity contribution < 1.29 is 9.53 Å². The van der Waals surface area contributed by atoms with E-state index >= 15 is 0 Å². The summed E-state index contributed by atoms with van der Waals surface area (Å²) in [7, 11) is 0. The van der Waals surface area contributed by atoms with Crippen LogP contribution >= 0.6 is 0 Å². The van der Waals surface area contributed by atoms with E-state index < -0.39 is 0 Å². The first-order chi connectivity index (χ1) is 11.3. The van der Waals surface area contributed by atoms with Gasteiger partial charge in [-0.25, -0.2) is 0 Å². The van der Waals surface area contributed by atoms with Crippen LogP contribution in [0.5, 0.6) is 5.75 Å². The molecule has 0 radical (unpaired) electrons. The molecular weight excluding hydrogens is 288 g/mol. The number of carbonyl (C=O) groups excluding carboxylic acids is 1. The summed E-state index contributed by atoms with van der Waals surface area (Å²) < 4.78 is 5.38. The van der Waals surface area contributed by atoms with Gasteiger partial charge in [0.2, 0.25) is 5.91 Å². The number of hydrogen-bond donors (Lipinski definition) is 2. The molecule has 0 aliphatic carbocycles. The summed E-state index contributed by atoms with van der Waals surface area (Å²) in [6.45, 7) is 3.57. The van der Waals surface area contributed by atoms with Gasteiger partial charge >= 0.3 is 0 Å². The van der Waals surface area contributed by atoms with Crippen molar-refractivity contribution in [2.45, 2.75) is 19.8 Å². The van der Waals surface area contributed by atoms with E-state index in [9.17, 15) is 4.79 Å². The zero-order valence-corrected chi connectivity index (χ0v) is 13.5. The summed E-state index contributed by atoms with van der Waals surface area (Å²) in [4.78, 5) is 11.8. The first-order valence-electron chi connectivity index (χ1n) is 8.05. The topological polar surface area (TPSA) is 50.4 Å². The summed E-state index contributed by atoms with van der Waals surface area (Å²) >= 11 is 0. The lowest BCUT2D eigenvalue weighted by Gasteiger charge is -2.09. The van der Waals surface area contributed by atoms with Gasteiger partial charge in [-0.2, -0.15) is 0 Å². The van der Waals surface area contributed by atoms with E-state index in [4.69, 9.17) is 4.74 Å². The largest absolute Gasteiger partial charge is 0.494 e. The molecule has 2 aromatic rings. The van der Waals surface area contributed by atoms with Crippen LogP contribution in [0.2, 0.25) is 0 Å². The van der Waals surface area contributed by atoms with Crippen molar-refractivity contribution in [2.24, 2.45) is 0 Å². The van der Waals surface area contributed by atoms with Crippen molar-refractivity contribution in [1.29, 1.82) is 0 Å². The second-order valence-corrected chi connectivity index (χ2v) is 5.25. The number of amides is 1. The molecule has 0 atom stereocenters. The minimum atomic E-state index is 0.00643. The Morgan fingerprint density at radius 2 is 1.78 bits per heavy atom. The van der Waals surface area contributed by atoms with E-state index in [1.807, 2.05) is 49.4 Å². The molecule has 2 aromatic carbocycles. The van der Waals surface area contributed by atoms with E-state index in [-0.39, 0.29) is 12.5 Å². The molecule has 122 valence electrons. The van der Waals surface area contributed by atoms with Crippen LogP contribution < -0.4 is 15.4 Å². The predicted molar refractivity (Wildman–Crippen MR) is 93.9 cm³/mol. The zero-order valence-electron chi connectivity index (χ0n) is 13.5. The van der Waals surface area contributed by atoms with Crippen LogP contribution in [0.25, 0.3) is 0 Å². The van der Waals surface area contributed by atoms with Crippen molar-refractivity contribution in [3.05, 3.63) is 60.2 Å². The molecule has 2 N–H and O–H groups in total. The molecule has 4 heteroatoms. The molecule has 4 nitrogen and oxygen atoms in total. The number of anilines is 1. The molecular formula is C19H24N2O2. The Morgan fingerprint density at radius 1 is 1.04 bits per heavy atom. The summed E-state index contributed by atoms with van der Waals surface area (Å²) in [6.07, 6.45) is 1.92. The molecule has 0 saturated heterocycles. The minimum absolute atomic E-state index is 0.00643. The second kappa shape index (κ2) is 9.51. The summed E-state index contributed by atoms with van der Waals surface area (Å²) in [5.74, 6) is 0.843. The van der Waals surface area contributed by atoms with Crippen molar-refractivity contribution in [2.75, 3.05) is 25.0 Å². The fourth-order valence-corrected chi connectivity index (χ4v) is 2.25. The predicted octanol–water partition coefficient (Wildman–Crippen LogP) is 3.25. The Hall–Kier alpha value is -2.49. The number of hydrogen-bond acceptors (Lipinski definition) is 3. The van der Waals surface area contributed by atoms with E-state index in [2.05, 4.69) is 22.8 Å². The van der Waals surface area contributed by atoms with Crippen LogP contribution in [0.15, 0.2) is 54.6 Å². The maximum atomic E-state index is 11.8. The maximum absolute atomic E-state index is 11.8. The number of benzene rings is 2. The monoisotopic (exact) mass is 312 g/mol. The lowest BCUT2D eigenvalue weighted by molar-refractivity contribution is -0.119. The minimum Gasteiger partial charge on any atom is -0.494 e. The lowest BCUT2D eigenvalue weighted by Crippen LogP contribution is -2.30. The third-order valence-corrected chi connectivity index (χ3v) is 3.43. The van der Waals surface area contributed by atoms with Gasteiger partial charge in [0.05, 0.1) is 13.2 Å². The van der Waals surface area contributed by atoms with Crippen LogP contribution in [-0.2, 0) is 11.2 Å². The van der Waals surface area contributed by atoms with Gasteiger partial charge in [-0.05, 0) is 49.6 Å². The van der Waals surface area contributed by atoms with Crippen molar-refractivity contribution in [3.8, 4) is 5.75 Å². The van der Waals surface area contributed by atoms with E-state index in [1.165, 1.54) is 5.56 Å². The summed E-state index contributed by atoms with van der Waals surface area (Å²) in [5, 5.41) is 6.03. The highest BCUT2D eigenvalue weighted by atomic mass is 16.5. The van der Waals surface area contributed by atoms with Gasteiger partial charge in [-0.1, -0.05) is 30.3 Å². The van der Waals surface area contributed by atoms with E-state index in [0.717, 1.165) is 24.3 Å². The zero-order chi connectivity index (χ0) is 16.3. The van der Waals surface area contributed by atoms with Gasteiger partial charge in [0.25, 0.3) is 0 Å². The molecule has 0 spiro atoms. The lowest BCUT2D eigenvalue weighted by atomic mass is 10.1. The molecule has 0 saturated carbocycles. The molecule has 0 bridgehead atoms. The molecule has 0 aliphatic rings. The fraction of sp³-hybridized carbons (Fsp3) is 0.316. The fourth-order valence-electron chi connectivity index (χ4n) is 2.25. The van der Waals surface area contributed by atoms with Gasteiger partial charge in [0.15, 0.2) is 0 Å². The third-order valence-electron chi connectivity index (χ3n) is 3.43. The first kappa shape index (κ1) is 16.9. The Labute approximate surface area is 137 Å². The van der Waals surface area contributed by atoms with Crippen molar-refractivity contribution in [3.63, 3.8) is 0 Å². The average molecular weight is 312 g/mol. The number of ether oxygens (including phenoxy) is 1. The SMILES string of the molecule is CCOc1ccc(NCC(=O)NCCCc2ccccc2)cc1. The normalized spacial score (nSPS) is 10.1. The van der Waals surface area contributed by atoms with Crippen LogP contribution in [0.1, 0.15) is 18.9 Å². The highest BCUT2D eigenvalue weighted by Gasteiger charge is 2.01. The number of nitrogens with one attached hydrogen (secondary N) is 2. The molecule has 0 aromatic heterocycles. The first-order valence-corrected chi connectivity index (χ1v) is 8.05. The van der Waals surface area contributed by atoms with Gasteiger partial charge in [0.1, 0.15) is 5.75 Å². The molecule has 0 unspecified atom stereocenters. The quantitative estimate of drug-likeness (QED) is 0.699. The molecule has 0 aliphatic heterocycles. The Morgan fingerprint density at radius 3 is 2.48 bits per heavy atom. The average Bonchev–Trinajstić information content (AvgIpc) is 2.59. The standard InChI is InChI=1S/C19H24N2O2/c1-2-23-18-12-10-17(11-13-18)21-15-19(22)20-14-6-9-16-7-4-3-5-8-16/h3-5,7-8,10-13,21H,2,6,9,14-15H2,1H3,(H,20,22). The van der Waals surface area contributed by atoms with Gasteiger partial charge < -0.3 is 15.4 Å². The molecule has 23 heavy (non-hydrogen) atoms. The van der Waals surface area contributed by atoms with Crippen LogP contribution in [0.3, 0.4) is 0 Å². The molecule has 2 rings (SSSR count). The molecule has 1 amide bonds. The van der Waals surface area contributed by atoms with E-state index in [0.29, 0.717) is 13.2 Å². The van der Waals surface area contributed by atoms with Crippen LogP contribution in [0.4, 0.5) is 5.69 Å². The summed E-state index contributed by atoms with van der Waals surface area (Å²) in [6, 6.07) is 17.9. The highest BCUT2D eigenvalue weighted by molar-refractivity contribution is 5.80. The van der Waals surface area contributed by atoms with E-state index in [1.54, 1.807) is 0 Å².